The zero-order valence-corrected chi connectivity index (χ0v) is 15.6. The molecule has 7 heteroatoms. The van der Waals surface area contributed by atoms with Gasteiger partial charge in [0.25, 0.3) is 0 Å². The fourth-order valence-electron chi connectivity index (χ4n) is 2.68. The van der Waals surface area contributed by atoms with Crippen LogP contribution in [0.3, 0.4) is 0 Å². The Morgan fingerprint density at radius 2 is 2.16 bits per heavy atom. The van der Waals surface area contributed by atoms with Gasteiger partial charge in [0.2, 0.25) is 5.88 Å². The number of rotatable bonds is 8. The summed E-state index contributed by atoms with van der Waals surface area (Å²) in [4.78, 5) is 11.3. The van der Waals surface area contributed by atoms with E-state index in [9.17, 15) is 0 Å². The average molecular weight is 349 g/mol. The van der Waals surface area contributed by atoms with Crippen LogP contribution in [0.15, 0.2) is 23.3 Å². The highest BCUT2D eigenvalue weighted by atomic mass is 16.5. The first-order chi connectivity index (χ1) is 12.2. The number of nitrogens with zero attached hydrogens (tertiary/aromatic N) is 3. The van der Waals surface area contributed by atoms with Crippen molar-refractivity contribution < 1.29 is 9.47 Å². The van der Waals surface area contributed by atoms with Crippen molar-refractivity contribution in [2.75, 3.05) is 46.0 Å². The van der Waals surface area contributed by atoms with E-state index in [1.54, 1.807) is 6.20 Å². The van der Waals surface area contributed by atoms with E-state index in [1.165, 1.54) is 0 Å². The number of guanidine groups is 1. The summed E-state index contributed by atoms with van der Waals surface area (Å²) in [6, 6.07) is 4.34. The Morgan fingerprint density at radius 3 is 2.88 bits per heavy atom. The monoisotopic (exact) mass is 349 g/mol. The van der Waals surface area contributed by atoms with Crippen molar-refractivity contribution in [3.05, 3.63) is 23.9 Å². The molecule has 1 aromatic heterocycles. The number of aromatic nitrogens is 1. The summed E-state index contributed by atoms with van der Waals surface area (Å²) in [6.45, 7) is 12.8. The second-order valence-electron chi connectivity index (χ2n) is 6.01. The zero-order chi connectivity index (χ0) is 17.9. The Kier molecular flexibility index (Phi) is 8.48. The van der Waals surface area contributed by atoms with E-state index in [-0.39, 0.29) is 0 Å². The van der Waals surface area contributed by atoms with Crippen LogP contribution in [0.25, 0.3) is 0 Å². The van der Waals surface area contributed by atoms with E-state index in [1.807, 2.05) is 19.1 Å². The maximum atomic E-state index is 5.44. The topological polar surface area (TPSA) is 71.0 Å². The predicted molar refractivity (Wildman–Crippen MR) is 100 cm³/mol. The first-order valence-electron chi connectivity index (χ1n) is 9.14. The molecule has 0 radical (unpaired) electrons. The molecule has 0 bridgehead atoms. The van der Waals surface area contributed by atoms with Crippen molar-refractivity contribution >= 4 is 5.96 Å². The van der Waals surface area contributed by atoms with Crippen LogP contribution in [0.5, 0.6) is 5.88 Å². The second kappa shape index (κ2) is 10.9. The van der Waals surface area contributed by atoms with Gasteiger partial charge in [-0.05, 0) is 32.4 Å². The zero-order valence-electron chi connectivity index (χ0n) is 15.6. The average Bonchev–Trinajstić information content (AvgIpc) is 2.65. The van der Waals surface area contributed by atoms with Crippen LogP contribution < -0.4 is 15.4 Å². The van der Waals surface area contributed by atoms with Crippen molar-refractivity contribution in [3.8, 4) is 5.88 Å². The third-order valence-corrected chi connectivity index (χ3v) is 4.09. The summed E-state index contributed by atoms with van der Waals surface area (Å²) in [5.41, 5.74) is 1.08. The third-order valence-electron chi connectivity index (χ3n) is 4.09. The maximum Gasteiger partial charge on any atom is 0.213 e. The highest BCUT2D eigenvalue weighted by Gasteiger charge is 2.16. The minimum Gasteiger partial charge on any atom is -0.478 e. The Morgan fingerprint density at radius 1 is 1.36 bits per heavy atom. The summed E-state index contributed by atoms with van der Waals surface area (Å²) in [7, 11) is 0. The van der Waals surface area contributed by atoms with Gasteiger partial charge in [0.05, 0.1) is 26.4 Å². The molecule has 25 heavy (non-hydrogen) atoms. The molecule has 2 rings (SSSR count). The number of nitrogens with one attached hydrogen (secondary N) is 2. The molecule has 1 aliphatic heterocycles. The highest BCUT2D eigenvalue weighted by Crippen LogP contribution is 2.10. The summed E-state index contributed by atoms with van der Waals surface area (Å²) in [5.74, 6) is 1.48. The van der Waals surface area contributed by atoms with E-state index in [2.05, 4.69) is 39.4 Å². The minimum atomic E-state index is 0.443. The molecule has 1 unspecified atom stereocenters. The largest absolute Gasteiger partial charge is 0.478 e. The molecule has 140 valence electrons. The number of hydrogen-bond acceptors (Lipinski definition) is 5. The summed E-state index contributed by atoms with van der Waals surface area (Å²) in [6.07, 6.45) is 1.76. The first kappa shape index (κ1) is 19.5. The van der Waals surface area contributed by atoms with E-state index in [0.717, 1.165) is 50.9 Å². The number of morpholine rings is 1. The molecule has 2 heterocycles. The summed E-state index contributed by atoms with van der Waals surface area (Å²) >= 11 is 0. The minimum absolute atomic E-state index is 0.443. The summed E-state index contributed by atoms with van der Waals surface area (Å²) in [5, 5.41) is 6.74. The Hall–Kier alpha value is -1.86. The lowest BCUT2D eigenvalue weighted by Gasteiger charge is -2.32. The number of pyridine rings is 1. The molecular formula is C18H31N5O2. The molecule has 1 aromatic rings. The van der Waals surface area contributed by atoms with Gasteiger partial charge in [0, 0.05) is 44.5 Å². The Balaban J connectivity index is 1.87. The van der Waals surface area contributed by atoms with Crippen LogP contribution in [0.2, 0.25) is 0 Å². The lowest BCUT2D eigenvalue weighted by atomic mass is 10.2. The molecule has 1 atom stereocenters. The van der Waals surface area contributed by atoms with E-state index >= 15 is 0 Å². The molecule has 0 spiro atoms. The predicted octanol–water partition coefficient (Wildman–Crippen LogP) is 1.26. The van der Waals surface area contributed by atoms with E-state index < -0.39 is 0 Å². The molecule has 1 saturated heterocycles. The molecule has 0 aliphatic carbocycles. The normalized spacial score (nSPS) is 17.2. The van der Waals surface area contributed by atoms with Crippen molar-refractivity contribution in [3.63, 3.8) is 0 Å². The Bertz CT molecular complexity index is 532. The van der Waals surface area contributed by atoms with Crippen LogP contribution in [-0.4, -0.2) is 67.9 Å². The smallest absolute Gasteiger partial charge is 0.213 e. The standard InChI is InChI=1S/C18H31N5O2/c1-4-19-18(21-13-15(3)23-8-10-24-11-9-23)22-14-16-6-7-20-17(12-16)25-5-2/h6-7,12,15H,4-5,8-11,13-14H2,1-3H3,(H2,19,21,22). The van der Waals surface area contributed by atoms with Crippen molar-refractivity contribution in [1.29, 1.82) is 0 Å². The molecule has 1 aliphatic rings. The molecule has 0 aromatic carbocycles. The van der Waals surface area contributed by atoms with Crippen LogP contribution in [0.4, 0.5) is 0 Å². The molecule has 0 saturated carbocycles. The van der Waals surface area contributed by atoms with Gasteiger partial charge in [-0.15, -0.1) is 0 Å². The number of aliphatic imine (C=N–C) groups is 1. The van der Waals surface area contributed by atoms with Crippen LogP contribution in [0.1, 0.15) is 26.3 Å². The van der Waals surface area contributed by atoms with Gasteiger partial charge in [-0.3, -0.25) is 4.90 Å². The fourth-order valence-corrected chi connectivity index (χ4v) is 2.68. The molecular weight excluding hydrogens is 318 g/mol. The van der Waals surface area contributed by atoms with Gasteiger partial charge in [0.1, 0.15) is 0 Å². The van der Waals surface area contributed by atoms with Crippen LogP contribution in [0, 0.1) is 0 Å². The SMILES string of the molecule is CCNC(=NCc1ccnc(OCC)c1)NCC(C)N1CCOCC1. The summed E-state index contributed by atoms with van der Waals surface area (Å²) < 4.78 is 10.9. The Labute approximate surface area is 150 Å². The van der Waals surface area contributed by atoms with Gasteiger partial charge in [-0.25, -0.2) is 9.98 Å². The fraction of sp³-hybridized carbons (Fsp3) is 0.667. The van der Waals surface area contributed by atoms with E-state index in [0.29, 0.717) is 25.1 Å². The van der Waals surface area contributed by atoms with Crippen LogP contribution in [-0.2, 0) is 11.3 Å². The molecule has 1 fully saturated rings. The van der Waals surface area contributed by atoms with Gasteiger partial charge in [0.15, 0.2) is 5.96 Å². The first-order valence-corrected chi connectivity index (χ1v) is 9.14. The third kappa shape index (κ3) is 6.88. The highest BCUT2D eigenvalue weighted by molar-refractivity contribution is 5.79. The molecule has 2 N–H and O–H groups in total. The maximum absolute atomic E-state index is 5.44. The van der Waals surface area contributed by atoms with Crippen molar-refractivity contribution in [2.45, 2.75) is 33.4 Å². The lowest BCUT2D eigenvalue weighted by molar-refractivity contribution is 0.0211. The van der Waals surface area contributed by atoms with Crippen molar-refractivity contribution in [2.24, 2.45) is 4.99 Å². The van der Waals surface area contributed by atoms with Gasteiger partial charge in [-0.1, -0.05) is 0 Å². The van der Waals surface area contributed by atoms with Crippen LogP contribution >= 0.6 is 0 Å². The van der Waals surface area contributed by atoms with Crippen molar-refractivity contribution in [1.82, 2.24) is 20.5 Å². The van der Waals surface area contributed by atoms with E-state index in [4.69, 9.17) is 9.47 Å². The molecule has 7 nitrogen and oxygen atoms in total. The quantitative estimate of drug-likeness (QED) is 0.544. The lowest BCUT2D eigenvalue weighted by Crippen LogP contribution is -2.49. The van der Waals surface area contributed by atoms with Gasteiger partial charge >= 0.3 is 0 Å². The number of ether oxygens (including phenoxy) is 2. The van der Waals surface area contributed by atoms with Gasteiger partial charge < -0.3 is 20.1 Å². The number of hydrogen-bond donors (Lipinski definition) is 2. The molecule has 0 amide bonds. The second-order valence-corrected chi connectivity index (χ2v) is 6.01. The van der Waals surface area contributed by atoms with Gasteiger partial charge in [-0.2, -0.15) is 0 Å².